The standard InChI is InChI=1S/C4HBr3OS/c5-1-2(6)4(9)8-3(1)7/h9H. The van der Waals surface area contributed by atoms with E-state index in [1.807, 2.05) is 0 Å². The minimum atomic E-state index is 0.564. The van der Waals surface area contributed by atoms with Gasteiger partial charge in [-0.05, 0) is 47.8 Å². The topological polar surface area (TPSA) is 13.1 Å². The minimum Gasteiger partial charge on any atom is -0.441 e. The van der Waals surface area contributed by atoms with Crippen molar-refractivity contribution in [2.24, 2.45) is 0 Å². The van der Waals surface area contributed by atoms with Gasteiger partial charge in [0.15, 0.2) is 9.76 Å². The van der Waals surface area contributed by atoms with Gasteiger partial charge in [0.1, 0.15) is 0 Å². The Balaban J connectivity index is 3.29. The van der Waals surface area contributed by atoms with Crippen molar-refractivity contribution in [2.75, 3.05) is 0 Å². The van der Waals surface area contributed by atoms with Crippen LogP contribution in [0.1, 0.15) is 0 Å². The molecule has 0 fully saturated rings. The lowest BCUT2D eigenvalue weighted by molar-refractivity contribution is 0.451. The van der Waals surface area contributed by atoms with E-state index in [0.717, 1.165) is 8.95 Å². The SMILES string of the molecule is Sc1oc(Br)c(Br)c1Br. The Hall–Kier alpha value is 1.07. The molecule has 0 aliphatic heterocycles. The maximum Gasteiger partial charge on any atom is 0.186 e. The zero-order valence-electron chi connectivity index (χ0n) is 3.99. The molecule has 0 radical (unpaired) electrons. The first-order chi connectivity index (χ1) is 4.13. The molecule has 0 N–H and O–H groups in total. The van der Waals surface area contributed by atoms with E-state index in [9.17, 15) is 0 Å². The molecule has 0 spiro atoms. The van der Waals surface area contributed by atoms with Crippen LogP contribution in [0.5, 0.6) is 0 Å². The molecule has 1 nitrogen and oxygen atoms in total. The lowest BCUT2D eigenvalue weighted by Gasteiger charge is -1.79. The third-order valence-corrected chi connectivity index (χ3v) is 4.50. The van der Waals surface area contributed by atoms with E-state index in [4.69, 9.17) is 4.42 Å². The van der Waals surface area contributed by atoms with Gasteiger partial charge in [-0.25, -0.2) is 0 Å². The Morgan fingerprint density at radius 2 is 1.67 bits per heavy atom. The molecule has 0 saturated carbocycles. The summed E-state index contributed by atoms with van der Waals surface area (Å²) in [5.74, 6) is 0. The van der Waals surface area contributed by atoms with Crippen LogP contribution in [-0.4, -0.2) is 0 Å². The summed E-state index contributed by atoms with van der Waals surface area (Å²) in [6, 6.07) is 0. The second-order valence-electron chi connectivity index (χ2n) is 1.31. The highest BCUT2D eigenvalue weighted by Gasteiger charge is 2.10. The molecule has 9 heavy (non-hydrogen) atoms. The molecular formula is C4HBr3OS. The molecule has 1 heterocycles. The van der Waals surface area contributed by atoms with Crippen LogP contribution < -0.4 is 0 Å². The second kappa shape index (κ2) is 2.98. The molecule has 5 heteroatoms. The zero-order valence-corrected chi connectivity index (χ0v) is 9.64. The van der Waals surface area contributed by atoms with Gasteiger partial charge in [0.05, 0.1) is 8.95 Å². The molecular weight excluding hydrogens is 336 g/mol. The molecule has 0 aromatic carbocycles. The molecule has 0 aliphatic carbocycles. The van der Waals surface area contributed by atoms with Crippen LogP contribution in [0.15, 0.2) is 23.1 Å². The fourth-order valence-electron chi connectivity index (χ4n) is 0.355. The molecule has 0 aliphatic rings. The Labute approximate surface area is 83.0 Å². The van der Waals surface area contributed by atoms with Crippen molar-refractivity contribution in [3.8, 4) is 0 Å². The van der Waals surface area contributed by atoms with Gasteiger partial charge in [0.2, 0.25) is 0 Å². The lowest BCUT2D eigenvalue weighted by Crippen LogP contribution is -1.55. The predicted octanol–water partition coefficient (Wildman–Crippen LogP) is 3.86. The summed E-state index contributed by atoms with van der Waals surface area (Å²) in [5.41, 5.74) is 0. The van der Waals surface area contributed by atoms with Gasteiger partial charge in [-0.1, -0.05) is 0 Å². The molecule has 0 unspecified atom stereocenters. The fourth-order valence-corrected chi connectivity index (χ4v) is 1.98. The maximum absolute atomic E-state index is 5.03. The highest BCUT2D eigenvalue weighted by molar-refractivity contribution is 9.14. The van der Waals surface area contributed by atoms with Crippen molar-refractivity contribution in [1.29, 1.82) is 0 Å². The molecule has 1 aromatic rings. The average Bonchev–Trinajstić information content (AvgIpc) is 1.98. The van der Waals surface area contributed by atoms with Crippen LogP contribution >= 0.6 is 60.4 Å². The summed E-state index contributed by atoms with van der Waals surface area (Å²) in [6.45, 7) is 0. The first-order valence-electron chi connectivity index (χ1n) is 1.95. The van der Waals surface area contributed by atoms with E-state index in [1.54, 1.807) is 0 Å². The van der Waals surface area contributed by atoms with Crippen molar-refractivity contribution in [2.45, 2.75) is 5.09 Å². The van der Waals surface area contributed by atoms with Crippen LogP contribution in [0.4, 0.5) is 0 Å². The Kier molecular flexibility index (Phi) is 2.71. The van der Waals surface area contributed by atoms with Crippen molar-refractivity contribution in [1.82, 2.24) is 0 Å². The maximum atomic E-state index is 5.03. The highest BCUT2D eigenvalue weighted by atomic mass is 79.9. The van der Waals surface area contributed by atoms with Gasteiger partial charge in [0.25, 0.3) is 0 Å². The van der Waals surface area contributed by atoms with Gasteiger partial charge in [-0.3, -0.25) is 0 Å². The molecule has 0 atom stereocenters. The number of thiol groups is 1. The predicted molar refractivity (Wildman–Crippen MR) is 49.1 cm³/mol. The average molecular weight is 337 g/mol. The first-order valence-corrected chi connectivity index (χ1v) is 4.78. The van der Waals surface area contributed by atoms with Crippen molar-refractivity contribution in [3.05, 3.63) is 13.6 Å². The van der Waals surface area contributed by atoms with E-state index < -0.39 is 0 Å². The number of hydrogen-bond acceptors (Lipinski definition) is 2. The largest absolute Gasteiger partial charge is 0.441 e. The van der Waals surface area contributed by atoms with Crippen LogP contribution in [0.25, 0.3) is 0 Å². The van der Waals surface area contributed by atoms with Crippen LogP contribution in [0.3, 0.4) is 0 Å². The molecule has 1 aromatic heterocycles. The second-order valence-corrected chi connectivity index (χ2v) is 4.02. The van der Waals surface area contributed by atoms with E-state index in [2.05, 4.69) is 60.4 Å². The number of furan rings is 1. The summed E-state index contributed by atoms with van der Waals surface area (Å²) in [4.78, 5) is 0. The van der Waals surface area contributed by atoms with Crippen LogP contribution in [0.2, 0.25) is 0 Å². The molecule has 0 bridgehead atoms. The summed E-state index contributed by atoms with van der Waals surface area (Å²) in [7, 11) is 0. The van der Waals surface area contributed by atoms with E-state index in [1.165, 1.54) is 0 Å². The van der Waals surface area contributed by atoms with Gasteiger partial charge in [-0.2, -0.15) is 0 Å². The molecule has 0 amide bonds. The van der Waals surface area contributed by atoms with Crippen LogP contribution in [-0.2, 0) is 0 Å². The minimum absolute atomic E-state index is 0.564. The summed E-state index contributed by atoms with van der Waals surface area (Å²) in [5, 5.41) is 0.564. The van der Waals surface area contributed by atoms with Crippen molar-refractivity contribution >= 4 is 60.4 Å². The van der Waals surface area contributed by atoms with Crippen molar-refractivity contribution < 1.29 is 4.42 Å². The summed E-state index contributed by atoms with van der Waals surface area (Å²) < 4.78 is 7.37. The smallest absolute Gasteiger partial charge is 0.186 e. The summed E-state index contributed by atoms with van der Waals surface area (Å²) in [6.07, 6.45) is 0. The number of hydrogen-bond donors (Lipinski definition) is 1. The Morgan fingerprint density at radius 3 is 1.78 bits per heavy atom. The molecule has 0 saturated heterocycles. The van der Waals surface area contributed by atoms with Crippen LogP contribution in [0, 0.1) is 0 Å². The third-order valence-electron chi connectivity index (χ3n) is 0.739. The van der Waals surface area contributed by atoms with Gasteiger partial charge in [-0.15, -0.1) is 12.6 Å². The quantitative estimate of drug-likeness (QED) is 0.710. The van der Waals surface area contributed by atoms with Gasteiger partial charge >= 0.3 is 0 Å². The number of halogens is 3. The highest BCUT2D eigenvalue weighted by Crippen LogP contribution is 2.37. The van der Waals surface area contributed by atoms with Gasteiger partial charge < -0.3 is 4.42 Å². The Bertz CT molecular complexity index is 209. The monoisotopic (exact) mass is 334 g/mol. The first kappa shape index (κ1) is 8.17. The fraction of sp³-hybridized carbons (Fsp3) is 0. The zero-order chi connectivity index (χ0) is 7.02. The number of rotatable bonds is 0. The van der Waals surface area contributed by atoms with E-state index in [-0.39, 0.29) is 0 Å². The summed E-state index contributed by atoms with van der Waals surface area (Å²) >= 11 is 13.7. The molecule has 1 rings (SSSR count). The Morgan fingerprint density at radius 1 is 1.11 bits per heavy atom. The van der Waals surface area contributed by atoms with E-state index in [0.29, 0.717) is 9.76 Å². The van der Waals surface area contributed by atoms with Gasteiger partial charge in [0, 0.05) is 0 Å². The normalized spacial score (nSPS) is 10.2. The van der Waals surface area contributed by atoms with Crippen molar-refractivity contribution in [3.63, 3.8) is 0 Å². The van der Waals surface area contributed by atoms with E-state index >= 15 is 0 Å². The molecule has 50 valence electrons. The lowest BCUT2D eigenvalue weighted by atomic mass is 10.7. The third kappa shape index (κ3) is 1.56.